The second-order valence-electron chi connectivity index (χ2n) is 3.68. The van der Waals surface area contributed by atoms with Crippen LogP contribution in [-0.2, 0) is 13.6 Å². The SMILES string of the molecule is Cn1cc(-c2cn(Cc3cscn3)nn2)cn1. The van der Waals surface area contributed by atoms with Crippen LogP contribution in [0.5, 0.6) is 0 Å². The standard InChI is InChI=1S/C10H10N6S/c1-15-3-8(2-12-15)10-5-16(14-13-10)4-9-6-17-7-11-9/h2-3,5-7H,4H2,1H3. The zero-order valence-corrected chi connectivity index (χ0v) is 10.0. The summed E-state index contributed by atoms with van der Waals surface area (Å²) in [6.45, 7) is 0.650. The van der Waals surface area contributed by atoms with Gasteiger partial charge in [-0.25, -0.2) is 9.67 Å². The number of aromatic nitrogens is 6. The van der Waals surface area contributed by atoms with Crippen LogP contribution in [0, 0.1) is 0 Å². The van der Waals surface area contributed by atoms with E-state index in [-0.39, 0.29) is 0 Å². The Balaban J connectivity index is 1.83. The van der Waals surface area contributed by atoms with E-state index in [2.05, 4.69) is 20.4 Å². The molecule has 0 spiro atoms. The minimum atomic E-state index is 0.650. The summed E-state index contributed by atoms with van der Waals surface area (Å²) in [5.74, 6) is 0. The maximum absolute atomic E-state index is 4.21. The van der Waals surface area contributed by atoms with Crippen molar-refractivity contribution in [2.24, 2.45) is 7.05 Å². The summed E-state index contributed by atoms with van der Waals surface area (Å²) in [6.07, 6.45) is 5.59. The summed E-state index contributed by atoms with van der Waals surface area (Å²) in [6, 6.07) is 0. The minimum Gasteiger partial charge on any atom is -0.275 e. The molecule has 17 heavy (non-hydrogen) atoms. The highest BCUT2D eigenvalue weighted by molar-refractivity contribution is 7.07. The van der Waals surface area contributed by atoms with Crippen LogP contribution >= 0.6 is 11.3 Å². The molecule has 0 amide bonds. The van der Waals surface area contributed by atoms with Crippen LogP contribution in [0.4, 0.5) is 0 Å². The summed E-state index contributed by atoms with van der Waals surface area (Å²) < 4.78 is 3.52. The topological polar surface area (TPSA) is 61.4 Å². The van der Waals surface area contributed by atoms with E-state index in [1.807, 2.05) is 30.3 Å². The fraction of sp³-hybridized carbons (Fsp3) is 0.200. The molecular weight excluding hydrogens is 236 g/mol. The lowest BCUT2D eigenvalue weighted by Crippen LogP contribution is -2.00. The third kappa shape index (κ3) is 2.09. The Morgan fingerprint density at radius 3 is 3.00 bits per heavy atom. The third-order valence-corrected chi connectivity index (χ3v) is 2.98. The summed E-state index contributed by atoms with van der Waals surface area (Å²) in [5.41, 5.74) is 4.61. The van der Waals surface area contributed by atoms with E-state index in [0.29, 0.717) is 6.54 Å². The first-order valence-corrected chi connectivity index (χ1v) is 6.02. The third-order valence-electron chi connectivity index (χ3n) is 2.35. The van der Waals surface area contributed by atoms with Gasteiger partial charge in [-0.15, -0.1) is 16.4 Å². The molecule has 3 aromatic rings. The second-order valence-corrected chi connectivity index (χ2v) is 4.40. The van der Waals surface area contributed by atoms with Gasteiger partial charge in [-0.05, 0) is 0 Å². The van der Waals surface area contributed by atoms with E-state index in [1.165, 1.54) is 0 Å². The van der Waals surface area contributed by atoms with Gasteiger partial charge in [0.1, 0.15) is 5.69 Å². The van der Waals surface area contributed by atoms with E-state index >= 15 is 0 Å². The molecule has 0 N–H and O–H groups in total. The predicted octanol–water partition coefficient (Wildman–Crippen LogP) is 1.18. The molecule has 0 bridgehead atoms. The van der Waals surface area contributed by atoms with Crippen molar-refractivity contribution in [3.05, 3.63) is 35.2 Å². The normalized spacial score (nSPS) is 10.9. The quantitative estimate of drug-likeness (QED) is 0.696. The van der Waals surface area contributed by atoms with Gasteiger partial charge in [0.05, 0.1) is 30.1 Å². The van der Waals surface area contributed by atoms with Gasteiger partial charge in [-0.3, -0.25) is 4.68 Å². The molecule has 3 aromatic heterocycles. The van der Waals surface area contributed by atoms with Gasteiger partial charge >= 0.3 is 0 Å². The van der Waals surface area contributed by atoms with Crippen molar-refractivity contribution in [1.82, 2.24) is 29.8 Å². The molecule has 0 aliphatic rings. The van der Waals surface area contributed by atoms with Gasteiger partial charge in [0.2, 0.25) is 0 Å². The van der Waals surface area contributed by atoms with Crippen molar-refractivity contribution < 1.29 is 0 Å². The number of nitrogens with zero attached hydrogens (tertiary/aromatic N) is 6. The fourth-order valence-corrected chi connectivity index (χ4v) is 2.09. The van der Waals surface area contributed by atoms with E-state index < -0.39 is 0 Å². The van der Waals surface area contributed by atoms with Crippen LogP contribution in [0.2, 0.25) is 0 Å². The molecule has 0 fully saturated rings. The lowest BCUT2D eigenvalue weighted by atomic mass is 10.3. The smallest absolute Gasteiger partial charge is 0.116 e. The first-order chi connectivity index (χ1) is 8.31. The maximum atomic E-state index is 4.21. The van der Waals surface area contributed by atoms with Gasteiger partial charge in [-0.1, -0.05) is 5.21 Å². The van der Waals surface area contributed by atoms with Crippen molar-refractivity contribution in [3.8, 4) is 11.3 Å². The molecule has 3 heterocycles. The van der Waals surface area contributed by atoms with Crippen LogP contribution in [0.15, 0.2) is 29.5 Å². The molecule has 0 radical (unpaired) electrons. The molecule has 0 aromatic carbocycles. The number of thiazole rings is 1. The Bertz CT molecular complexity index is 608. The average molecular weight is 246 g/mol. The maximum Gasteiger partial charge on any atom is 0.116 e. The highest BCUT2D eigenvalue weighted by atomic mass is 32.1. The zero-order chi connectivity index (χ0) is 11.7. The van der Waals surface area contributed by atoms with Crippen molar-refractivity contribution in [3.63, 3.8) is 0 Å². The first kappa shape index (κ1) is 10.2. The van der Waals surface area contributed by atoms with Gasteiger partial charge in [0, 0.05) is 24.2 Å². The lowest BCUT2D eigenvalue weighted by molar-refractivity contribution is 0.641. The van der Waals surface area contributed by atoms with Gasteiger partial charge in [0.15, 0.2) is 0 Å². The largest absolute Gasteiger partial charge is 0.275 e. The number of aryl methyl sites for hydroxylation is 1. The molecule has 0 saturated heterocycles. The second kappa shape index (κ2) is 4.10. The molecule has 0 aliphatic carbocycles. The number of rotatable bonds is 3. The monoisotopic (exact) mass is 246 g/mol. The zero-order valence-electron chi connectivity index (χ0n) is 9.19. The fourth-order valence-electron chi connectivity index (χ4n) is 1.54. The summed E-state index contributed by atoms with van der Waals surface area (Å²) in [7, 11) is 1.88. The average Bonchev–Trinajstić information content (AvgIpc) is 2.99. The molecule has 86 valence electrons. The van der Waals surface area contributed by atoms with Crippen LogP contribution in [-0.4, -0.2) is 29.8 Å². The van der Waals surface area contributed by atoms with Crippen LogP contribution in [0.3, 0.4) is 0 Å². The highest BCUT2D eigenvalue weighted by Crippen LogP contribution is 2.14. The van der Waals surface area contributed by atoms with Crippen LogP contribution < -0.4 is 0 Å². The molecular formula is C10H10N6S. The molecule has 0 atom stereocenters. The summed E-state index contributed by atoms with van der Waals surface area (Å²) in [5, 5.41) is 14.3. The minimum absolute atomic E-state index is 0.650. The first-order valence-electron chi connectivity index (χ1n) is 5.07. The van der Waals surface area contributed by atoms with E-state index in [4.69, 9.17) is 0 Å². The van der Waals surface area contributed by atoms with Crippen molar-refractivity contribution >= 4 is 11.3 Å². The van der Waals surface area contributed by atoms with Gasteiger partial charge in [0.25, 0.3) is 0 Å². The van der Waals surface area contributed by atoms with E-state index in [1.54, 1.807) is 26.9 Å². The predicted molar refractivity (Wildman–Crippen MR) is 63.4 cm³/mol. The molecule has 0 saturated carbocycles. The van der Waals surface area contributed by atoms with Crippen LogP contribution in [0.25, 0.3) is 11.3 Å². The molecule has 7 heteroatoms. The van der Waals surface area contributed by atoms with Gasteiger partial charge < -0.3 is 0 Å². The van der Waals surface area contributed by atoms with Crippen molar-refractivity contribution in [2.75, 3.05) is 0 Å². The lowest BCUT2D eigenvalue weighted by Gasteiger charge is -1.93. The Morgan fingerprint density at radius 1 is 1.35 bits per heavy atom. The Morgan fingerprint density at radius 2 is 2.29 bits per heavy atom. The van der Waals surface area contributed by atoms with Crippen molar-refractivity contribution in [2.45, 2.75) is 6.54 Å². The number of hydrogen-bond donors (Lipinski definition) is 0. The summed E-state index contributed by atoms with van der Waals surface area (Å²) in [4.78, 5) is 4.21. The van der Waals surface area contributed by atoms with Crippen LogP contribution in [0.1, 0.15) is 5.69 Å². The molecule has 6 nitrogen and oxygen atoms in total. The Hall–Kier alpha value is -2.02. The molecule has 0 unspecified atom stereocenters. The van der Waals surface area contributed by atoms with Crippen molar-refractivity contribution in [1.29, 1.82) is 0 Å². The van der Waals surface area contributed by atoms with E-state index in [0.717, 1.165) is 17.0 Å². The van der Waals surface area contributed by atoms with Gasteiger partial charge in [-0.2, -0.15) is 5.10 Å². The molecule has 3 rings (SSSR count). The summed E-state index contributed by atoms with van der Waals surface area (Å²) >= 11 is 1.58. The highest BCUT2D eigenvalue weighted by Gasteiger charge is 2.06. The Labute approximate surface area is 102 Å². The number of hydrogen-bond acceptors (Lipinski definition) is 5. The molecule has 0 aliphatic heterocycles. The Kier molecular flexibility index (Phi) is 2.45. The van der Waals surface area contributed by atoms with E-state index in [9.17, 15) is 0 Å².